The second-order valence-corrected chi connectivity index (χ2v) is 10.9. The van der Waals surface area contributed by atoms with Crippen LogP contribution in [0.25, 0.3) is 38.8 Å². The minimum absolute atomic E-state index is 0.180. The van der Waals surface area contributed by atoms with Gasteiger partial charge in [-0.3, -0.25) is 4.99 Å². The molecule has 0 bridgehead atoms. The lowest BCUT2D eigenvalue weighted by Crippen LogP contribution is -2.24. The number of allylic oxidation sites excluding steroid dienone is 3. The molecule has 2 aliphatic rings. The summed E-state index contributed by atoms with van der Waals surface area (Å²) >= 11 is 0. The standard InChI is InChI=1S/C39H30N4/c1-2-9-30(10-3-1)39-41-35(28-18-16-27(17-19-28)31-11-8-24-40-26-31)25-36(42-39)29-20-22-32(23-21-29)43-37-14-6-4-12-33(37)34-13-5-7-15-38(34)43/h1-23,25-26,39-41H,24H2. The molecular weight excluding hydrogens is 524 g/mol. The van der Waals surface area contributed by atoms with Gasteiger partial charge in [-0.05, 0) is 58.2 Å². The van der Waals surface area contributed by atoms with Crippen LogP contribution in [0.15, 0.2) is 157 Å². The van der Waals surface area contributed by atoms with E-state index in [0.717, 1.165) is 40.3 Å². The van der Waals surface area contributed by atoms with Crippen LogP contribution in [0.4, 0.5) is 0 Å². The van der Waals surface area contributed by atoms with Crippen LogP contribution in [0, 0.1) is 0 Å². The second kappa shape index (κ2) is 10.7. The summed E-state index contributed by atoms with van der Waals surface area (Å²) in [6.45, 7) is 0.876. The smallest absolute Gasteiger partial charge is 0.145 e. The normalized spacial score (nSPS) is 16.3. The third-order valence-corrected chi connectivity index (χ3v) is 8.28. The van der Waals surface area contributed by atoms with Gasteiger partial charge in [-0.2, -0.15) is 0 Å². The summed E-state index contributed by atoms with van der Waals surface area (Å²) in [4.78, 5) is 5.18. The molecule has 2 aliphatic heterocycles. The summed E-state index contributed by atoms with van der Waals surface area (Å²) in [5.74, 6) is 0. The van der Waals surface area contributed by atoms with E-state index in [2.05, 4.69) is 161 Å². The van der Waals surface area contributed by atoms with Gasteiger partial charge in [0, 0.05) is 34.9 Å². The maximum atomic E-state index is 5.18. The van der Waals surface area contributed by atoms with E-state index in [9.17, 15) is 0 Å². The Bertz CT molecular complexity index is 2020. The minimum atomic E-state index is -0.180. The Morgan fingerprint density at radius 2 is 1.26 bits per heavy atom. The van der Waals surface area contributed by atoms with Gasteiger partial charge in [0.2, 0.25) is 0 Å². The Hall–Kier alpha value is -5.61. The number of nitrogens with one attached hydrogen (secondary N) is 2. The molecule has 5 aromatic carbocycles. The van der Waals surface area contributed by atoms with Crippen LogP contribution in [0.1, 0.15) is 28.4 Å². The molecule has 1 aromatic heterocycles. The predicted molar refractivity (Wildman–Crippen MR) is 179 cm³/mol. The average Bonchev–Trinajstić information content (AvgIpc) is 3.43. The summed E-state index contributed by atoms with van der Waals surface area (Å²) in [6, 6.07) is 45.2. The molecule has 0 saturated heterocycles. The molecule has 2 N–H and O–H groups in total. The Kier molecular flexibility index (Phi) is 6.23. The highest BCUT2D eigenvalue weighted by Crippen LogP contribution is 2.33. The Balaban J connectivity index is 1.18. The first-order valence-electron chi connectivity index (χ1n) is 14.7. The monoisotopic (exact) mass is 554 g/mol. The molecule has 1 unspecified atom stereocenters. The largest absolute Gasteiger partial charge is 0.387 e. The van der Waals surface area contributed by atoms with Crippen LogP contribution in [0.3, 0.4) is 0 Å². The van der Waals surface area contributed by atoms with Crippen molar-refractivity contribution in [1.82, 2.24) is 15.2 Å². The number of nitrogens with zero attached hydrogens (tertiary/aromatic N) is 2. The first-order chi connectivity index (χ1) is 21.3. The topological polar surface area (TPSA) is 41.4 Å². The zero-order chi connectivity index (χ0) is 28.6. The second-order valence-electron chi connectivity index (χ2n) is 10.9. The molecule has 0 aliphatic carbocycles. The SMILES string of the molecule is C1=CC(c2ccc(C3=CC(c4ccc(-n5c6ccccc6c6ccccc65)cc4)=NC(c4ccccc4)N3)cc2)=CNC1. The fraction of sp³-hybridized carbons (Fsp3) is 0.0513. The molecule has 0 saturated carbocycles. The third-order valence-electron chi connectivity index (χ3n) is 8.28. The average molecular weight is 555 g/mol. The molecule has 4 nitrogen and oxygen atoms in total. The highest BCUT2D eigenvalue weighted by Gasteiger charge is 2.20. The van der Waals surface area contributed by atoms with Gasteiger partial charge in [0.05, 0.1) is 16.7 Å². The van der Waals surface area contributed by atoms with Gasteiger partial charge in [-0.15, -0.1) is 0 Å². The van der Waals surface area contributed by atoms with Gasteiger partial charge >= 0.3 is 0 Å². The van der Waals surface area contributed by atoms with Gasteiger partial charge in [0.1, 0.15) is 6.17 Å². The number of fused-ring (bicyclic) bond motifs is 3. The molecule has 43 heavy (non-hydrogen) atoms. The maximum absolute atomic E-state index is 5.18. The highest BCUT2D eigenvalue weighted by molar-refractivity contribution is 6.13. The molecule has 4 heteroatoms. The zero-order valence-electron chi connectivity index (χ0n) is 23.6. The van der Waals surface area contributed by atoms with Gasteiger partial charge in [-0.1, -0.05) is 115 Å². The number of hydrogen-bond acceptors (Lipinski definition) is 3. The van der Waals surface area contributed by atoms with Crippen molar-refractivity contribution in [3.63, 3.8) is 0 Å². The van der Waals surface area contributed by atoms with Crippen LogP contribution >= 0.6 is 0 Å². The summed E-state index contributed by atoms with van der Waals surface area (Å²) in [7, 11) is 0. The van der Waals surface area contributed by atoms with Crippen molar-refractivity contribution in [1.29, 1.82) is 0 Å². The molecule has 0 amide bonds. The lowest BCUT2D eigenvalue weighted by molar-refractivity contribution is 0.664. The van der Waals surface area contributed by atoms with Crippen molar-refractivity contribution in [3.8, 4) is 5.69 Å². The number of benzene rings is 5. The van der Waals surface area contributed by atoms with Crippen molar-refractivity contribution >= 4 is 38.8 Å². The van der Waals surface area contributed by atoms with Crippen molar-refractivity contribution in [3.05, 3.63) is 174 Å². The number of aliphatic imine (C=N–C) groups is 1. The quantitative estimate of drug-likeness (QED) is 0.225. The fourth-order valence-electron chi connectivity index (χ4n) is 6.13. The number of dihydropyridines is 1. The van der Waals surface area contributed by atoms with Crippen molar-refractivity contribution in [2.75, 3.05) is 6.54 Å². The van der Waals surface area contributed by atoms with Crippen LogP contribution < -0.4 is 10.6 Å². The lowest BCUT2D eigenvalue weighted by atomic mass is 9.99. The number of hydrogen-bond donors (Lipinski definition) is 2. The molecule has 0 radical (unpaired) electrons. The van der Waals surface area contributed by atoms with E-state index in [-0.39, 0.29) is 6.17 Å². The van der Waals surface area contributed by atoms with Gasteiger partial charge < -0.3 is 15.2 Å². The summed E-state index contributed by atoms with van der Waals surface area (Å²) in [6.07, 6.45) is 8.38. The Morgan fingerprint density at radius 3 is 1.93 bits per heavy atom. The lowest BCUT2D eigenvalue weighted by Gasteiger charge is -2.25. The molecule has 206 valence electrons. The summed E-state index contributed by atoms with van der Waals surface area (Å²) in [5, 5.41) is 9.52. The van der Waals surface area contributed by atoms with Crippen LogP contribution in [-0.2, 0) is 0 Å². The number of aromatic nitrogens is 1. The van der Waals surface area contributed by atoms with Crippen molar-refractivity contribution < 1.29 is 0 Å². The van der Waals surface area contributed by atoms with Gasteiger partial charge in [-0.25, -0.2) is 0 Å². The van der Waals surface area contributed by atoms with E-state index in [1.54, 1.807) is 0 Å². The van der Waals surface area contributed by atoms with E-state index in [1.807, 2.05) is 6.07 Å². The molecule has 8 rings (SSSR count). The molecule has 6 aromatic rings. The molecule has 3 heterocycles. The van der Waals surface area contributed by atoms with E-state index >= 15 is 0 Å². The molecule has 0 fully saturated rings. The Labute approximate surface area is 251 Å². The molecule has 0 spiro atoms. The van der Waals surface area contributed by atoms with Gasteiger partial charge in [0.25, 0.3) is 0 Å². The van der Waals surface area contributed by atoms with Gasteiger partial charge in [0.15, 0.2) is 0 Å². The fourth-order valence-corrected chi connectivity index (χ4v) is 6.13. The molecular formula is C39H30N4. The maximum Gasteiger partial charge on any atom is 0.145 e. The first kappa shape index (κ1) is 25.1. The highest BCUT2D eigenvalue weighted by atomic mass is 15.1. The molecule has 1 atom stereocenters. The number of rotatable bonds is 5. The van der Waals surface area contributed by atoms with E-state index < -0.39 is 0 Å². The van der Waals surface area contributed by atoms with Crippen LogP contribution in [-0.4, -0.2) is 16.8 Å². The minimum Gasteiger partial charge on any atom is -0.387 e. The third kappa shape index (κ3) is 4.63. The summed E-state index contributed by atoms with van der Waals surface area (Å²) < 4.78 is 2.35. The zero-order valence-corrected chi connectivity index (χ0v) is 23.6. The van der Waals surface area contributed by atoms with Crippen molar-refractivity contribution in [2.45, 2.75) is 6.17 Å². The first-order valence-corrected chi connectivity index (χ1v) is 14.7. The predicted octanol–water partition coefficient (Wildman–Crippen LogP) is 8.42. The van der Waals surface area contributed by atoms with E-state index in [4.69, 9.17) is 4.99 Å². The number of para-hydroxylation sites is 2. The Morgan fingerprint density at radius 1 is 0.628 bits per heavy atom. The summed E-state index contributed by atoms with van der Waals surface area (Å²) in [5.41, 5.74) is 11.3. The van der Waals surface area contributed by atoms with Crippen LogP contribution in [0.5, 0.6) is 0 Å². The van der Waals surface area contributed by atoms with Crippen LogP contribution in [0.2, 0.25) is 0 Å². The van der Waals surface area contributed by atoms with E-state index in [0.29, 0.717) is 0 Å². The van der Waals surface area contributed by atoms with Crippen molar-refractivity contribution in [2.24, 2.45) is 4.99 Å². The van der Waals surface area contributed by atoms with E-state index in [1.165, 1.54) is 32.9 Å².